The average Bonchev–Trinajstić information content (AvgIpc) is 3.20. The van der Waals surface area contributed by atoms with E-state index in [9.17, 15) is 19.5 Å². The molecule has 0 aliphatic heterocycles. The van der Waals surface area contributed by atoms with E-state index in [0.29, 0.717) is 24.3 Å². The number of anilines is 1. The van der Waals surface area contributed by atoms with Crippen LogP contribution in [0.4, 0.5) is 5.69 Å². The molecule has 7 nitrogen and oxygen atoms in total. The van der Waals surface area contributed by atoms with Gasteiger partial charge in [0.2, 0.25) is 5.91 Å². The third-order valence-electron chi connectivity index (χ3n) is 5.62. The molecule has 3 aromatic rings. The van der Waals surface area contributed by atoms with E-state index in [-0.39, 0.29) is 11.5 Å². The summed E-state index contributed by atoms with van der Waals surface area (Å²) in [7, 11) is 0. The van der Waals surface area contributed by atoms with Crippen LogP contribution in [-0.4, -0.2) is 33.0 Å². The standard InChI is InChI=1S/C23H22N2O5S2/c26-20(16-3-1-2-4-17(16)22(29)30)24-15-9-10-18-19(11-15)32-23(25-18)31-12-13-5-7-14(8-6-13)21(27)28/h5-11,16-17H,1-4,12H2,(H,24,26)(H,27,28)(H,29,30)/t16-,17-/m0/s1. The second-order valence-electron chi connectivity index (χ2n) is 7.78. The number of carboxylic acid groups (broad SMARTS) is 2. The van der Waals surface area contributed by atoms with Crippen molar-refractivity contribution in [3.8, 4) is 0 Å². The average molecular weight is 471 g/mol. The topological polar surface area (TPSA) is 117 Å². The summed E-state index contributed by atoms with van der Waals surface area (Å²) in [5.41, 5.74) is 2.74. The Bertz CT molecular complexity index is 1160. The number of carbonyl (C=O) groups excluding carboxylic acids is 1. The third-order valence-corrected chi connectivity index (χ3v) is 7.85. The molecule has 2 atom stereocenters. The second-order valence-corrected chi connectivity index (χ2v) is 10.0. The van der Waals surface area contributed by atoms with Gasteiger partial charge in [-0.3, -0.25) is 9.59 Å². The quantitative estimate of drug-likeness (QED) is 0.411. The van der Waals surface area contributed by atoms with Crippen molar-refractivity contribution in [3.63, 3.8) is 0 Å². The van der Waals surface area contributed by atoms with Crippen LogP contribution in [0.15, 0.2) is 46.8 Å². The zero-order valence-electron chi connectivity index (χ0n) is 17.1. The van der Waals surface area contributed by atoms with Crippen LogP contribution in [0.3, 0.4) is 0 Å². The third kappa shape index (κ3) is 5.11. The number of carbonyl (C=O) groups is 3. The summed E-state index contributed by atoms with van der Waals surface area (Å²) in [5, 5.41) is 21.3. The molecule has 0 spiro atoms. The Kier molecular flexibility index (Phi) is 6.76. The predicted octanol–water partition coefficient (Wildman–Crippen LogP) is 5.12. The number of fused-ring (bicyclic) bond motifs is 1. The molecule has 2 aromatic carbocycles. The number of aromatic carboxylic acids is 1. The zero-order chi connectivity index (χ0) is 22.7. The number of nitrogens with one attached hydrogen (secondary N) is 1. The zero-order valence-corrected chi connectivity index (χ0v) is 18.7. The maximum atomic E-state index is 12.7. The molecule has 1 aliphatic carbocycles. The fourth-order valence-electron chi connectivity index (χ4n) is 3.91. The van der Waals surface area contributed by atoms with E-state index < -0.39 is 23.8 Å². The molecule has 9 heteroatoms. The number of carboxylic acids is 2. The van der Waals surface area contributed by atoms with Gasteiger partial charge in [0.25, 0.3) is 0 Å². The molecule has 1 saturated carbocycles. The highest BCUT2D eigenvalue weighted by Gasteiger charge is 2.35. The predicted molar refractivity (Wildman–Crippen MR) is 124 cm³/mol. The maximum absolute atomic E-state index is 12.7. The molecule has 1 aliphatic rings. The number of aromatic nitrogens is 1. The first-order chi connectivity index (χ1) is 15.4. The van der Waals surface area contributed by atoms with Crippen molar-refractivity contribution >= 4 is 56.8 Å². The number of rotatable bonds is 7. The first kappa shape index (κ1) is 22.3. The highest BCUT2D eigenvalue weighted by atomic mass is 32.2. The van der Waals surface area contributed by atoms with E-state index in [0.717, 1.165) is 33.0 Å². The fourth-order valence-corrected chi connectivity index (χ4v) is 5.97. The molecule has 0 bridgehead atoms. The Labute approximate surface area is 192 Å². The second kappa shape index (κ2) is 9.70. The van der Waals surface area contributed by atoms with E-state index in [1.807, 2.05) is 12.1 Å². The van der Waals surface area contributed by atoms with E-state index in [1.165, 1.54) is 11.3 Å². The Morgan fingerprint density at radius 1 is 1.03 bits per heavy atom. The number of nitrogens with zero attached hydrogens (tertiary/aromatic N) is 1. The first-order valence-corrected chi connectivity index (χ1v) is 12.1. The smallest absolute Gasteiger partial charge is 0.335 e. The van der Waals surface area contributed by atoms with Crippen molar-refractivity contribution in [2.75, 3.05) is 5.32 Å². The lowest BCUT2D eigenvalue weighted by molar-refractivity contribution is -0.147. The van der Waals surface area contributed by atoms with E-state index in [4.69, 9.17) is 5.11 Å². The maximum Gasteiger partial charge on any atom is 0.335 e. The lowest BCUT2D eigenvalue weighted by Crippen LogP contribution is -2.36. The van der Waals surface area contributed by atoms with Gasteiger partial charge >= 0.3 is 11.9 Å². The van der Waals surface area contributed by atoms with Gasteiger partial charge in [-0.2, -0.15) is 0 Å². The summed E-state index contributed by atoms with van der Waals surface area (Å²) < 4.78 is 1.81. The molecule has 1 aromatic heterocycles. The lowest BCUT2D eigenvalue weighted by Gasteiger charge is -2.27. The van der Waals surface area contributed by atoms with Crippen LogP contribution in [0.25, 0.3) is 10.2 Å². The van der Waals surface area contributed by atoms with E-state index in [1.54, 1.807) is 42.1 Å². The molecule has 0 saturated heterocycles. The fraction of sp³-hybridized carbons (Fsp3) is 0.304. The van der Waals surface area contributed by atoms with Gasteiger partial charge in [0, 0.05) is 11.4 Å². The molecule has 0 radical (unpaired) electrons. The Morgan fingerprint density at radius 2 is 1.75 bits per heavy atom. The minimum absolute atomic E-state index is 0.236. The van der Waals surface area contributed by atoms with Crippen molar-refractivity contribution in [2.45, 2.75) is 35.8 Å². The summed E-state index contributed by atoms with van der Waals surface area (Å²) >= 11 is 3.09. The van der Waals surface area contributed by atoms with Crippen molar-refractivity contribution in [3.05, 3.63) is 53.6 Å². The highest BCUT2D eigenvalue weighted by Crippen LogP contribution is 2.34. The normalized spacial score (nSPS) is 18.4. The van der Waals surface area contributed by atoms with Gasteiger partial charge in [-0.05, 0) is 48.7 Å². The molecule has 1 heterocycles. The summed E-state index contributed by atoms with van der Waals surface area (Å²) in [6.07, 6.45) is 2.85. The summed E-state index contributed by atoms with van der Waals surface area (Å²) in [4.78, 5) is 39.8. The van der Waals surface area contributed by atoms with Gasteiger partial charge in [0.1, 0.15) is 0 Å². The molecular weight excluding hydrogens is 448 g/mol. The number of aliphatic carboxylic acids is 1. The molecule has 32 heavy (non-hydrogen) atoms. The van der Waals surface area contributed by atoms with Crippen molar-refractivity contribution in [1.82, 2.24) is 4.98 Å². The van der Waals surface area contributed by atoms with Gasteiger partial charge in [-0.25, -0.2) is 9.78 Å². The number of thiazole rings is 1. The molecule has 0 unspecified atom stereocenters. The van der Waals surface area contributed by atoms with Gasteiger partial charge in [-0.15, -0.1) is 11.3 Å². The van der Waals surface area contributed by atoms with Crippen LogP contribution in [0.2, 0.25) is 0 Å². The minimum atomic E-state index is -0.944. The van der Waals surface area contributed by atoms with Gasteiger partial charge in [0.05, 0.1) is 27.6 Å². The van der Waals surface area contributed by atoms with E-state index >= 15 is 0 Å². The van der Waals surface area contributed by atoms with Crippen LogP contribution in [0.5, 0.6) is 0 Å². The van der Waals surface area contributed by atoms with Crippen LogP contribution < -0.4 is 5.32 Å². The molecule has 1 amide bonds. The summed E-state index contributed by atoms with van der Waals surface area (Å²) in [6.45, 7) is 0. The molecule has 1 fully saturated rings. The number of thioether (sulfide) groups is 1. The first-order valence-electron chi connectivity index (χ1n) is 10.3. The largest absolute Gasteiger partial charge is 0.481 e. The summed E-state index contributed by atoms with van der Waals surface area (Å²) in [6, 6.07) is 12.3. The molecule has 4 rings (SSSR count). The molecule has 166 valence electrons. The number of benzene rings is 2. The Balaban J connectivity index is 1.41. The minimum Gasteiger partial charge on any atom is -0.481 e. The summed E-state index contributed by atoms with van der Waals surface area (Å²) in [5.74, 6) is -2.54. The Morgan fingerprint density at radius 3 is 2.44 bits per heavy atom. The van der Waals surface area contributed by atoms with Crippen molar-refractivity contribution in [2.24, 2.45) is 11.8 Å². The molecule has 3 N–H and O–H groups in total. The molecular formula is C23H22N2O5S2. The van der Waals surface area contributed by atoms with Crippen LogP contribution >= 0.6 is 23.1 Å². The Hall–Kier alpha value is -2.91. The van der Waals surface area contributed by atoms with Gasteiger partial charge < -0.3 is 15.5 Å². The monoisotopic (exact) mass is 470 g/mol. The van der Waals surface area contributed by atoms with Crippen LogP contribution in [0.1, 0.15) is 41.6 Å². The van der Waals surface area contributed by atoms with Crippen molar-refractivity contribution in [1.29, 1.82) is 0 Å². The van der Waals surface area contributed by atoms with Gasteiger partial charge in [-0.1, -0.05) is 36.7 Å². The van der Waals surface area contributed by atoms with Crippen LogP contribution in [-0.2, 0) is 15.3 Å². The SMILES string of the molecule is O=C(O)c1ccc(CSc2nc3ccc(NC(=O)[C@H]4CCCC[C@@H]4C(=O)O)cc3s2)cc1. The van der Waals surface area contributed by atoms with Crippen molar-refractivity contribution < 1.29 is 24.6 Å². The highest BCUT2D eigenvalue weighted by molar-refractivity contribution is 8.00. The number of hydrogen-bond donors (Lipinski definition) is 3. The van der Waals surface area contributed by atoms with E-state index in [2.05, 4.69) is 10.3 Å². The number of amides is 1. The van der Waals surface area contributed by atoms with Gasteiger partial charge in [0.15, 0.2) is 4.34 Å². The lowest BCUT2D eigenvalue weighted by atomic mass is 9.78. The van der Waals surface area contributed by atoms with Crippen LogP contribution in [0, 0.1) is 11.8 Å². The number of hydrogen-bond acceptors (Lipinski definition) is 6.